The monoisotopic (exact) mass is 338 g/mol. The number of sulfone groups is 1. The third-order valence-corrected chi connectivity index (χ3v) is 6.03. The number of nitrogens with one attached hydrogen (secondary N) is 1. The zero-order chi connectivity index (χ0) is 14.3. The van der Waals surface area contributed by atoms with Crippen LogP contribution in [0.5, 0.6) is 0 Å². The van der Waals surface area contributed by atoms with Gasteiger partial charge in [-0.3, -0.25) is 0 Å². The minimum Gasteiger partial charge on any atom is -0.367 e. The Bertz CT molecular complexity index is 629. The number of nitrogens with zero attached hydrogens (tertiary/aromatic N) is 1. The molecule has 1 saturated carbocycles. The van der Waals surface area contributed by atoms with Gasteiger partial charge in [-0.15, -0.1) is 12.4 Å². The summed E-state index contributed by atoms with van der Waals surface area (Å²) in [4.78, 5) is 1.22. The standard InChI is InChI=1S/C13H16F2N2O2S.ClH/c14-12-10(17-7-5-16-6-8-17)3-4-11(13(12)15)20(18,19)9-1-2-9;/h3-4,9,16H,1-2,5-8H2;1H. The third-order valence-electron chi connectivity index (χ3n) is 3.75. The van der Waals surface area contributed by atoms with Gasteiger partial charge in [-0.1, -0.05) is 0 Å². The van der Waals surface area contributed by atoms with Crippen LogP contribution in [0.1, 0.15) is 12.8 Å². The number of rotatable bonds is 3. The molecule has 1 aliphatic heterocycles. The highest BCUT2D eigenvalue weighted by molar-refractivity contribution is 7.92. The van der Waals surface area contributed by atoms with Crippen molar-refractivity contribution in [2.75, 3.05) is 31.1 Å². The fourth-order valence-corrected chi connectivity index (χ4v) is 4.16. The van der Waals surface area contributed by atoms with Crippen molar-refractivity contribution in [3.05, 3.63) is 23.8 Å². The highest BCUT2D eigenvalue weighted by atomic mass is 35.5. The molecule has 1 heterocycles. The van der Waals surface area contributed by atoms with E-state index in [4.69, 9.17) is 0 Å². The van der Waals surface area contributed by atoms with Crippen LogP contribution < -0.4 is 10.2 Å². The molecule has 4 nitrogen and oxygen atoms in total. The van der Waals surface area contributed by atoms with E-state index in [1.54, 1.807) is 4.90 Å². The van der Waals surface area contributed by atoms with E-state index in [0.717, 1.165) is 0 Å². The van der Waals surface area contributed by atoms with Crippen LogP contribution in [0.3, 0.4) is 0 Å². The van der Waals surface area contributed by atoms with Gasteiger partial charge in [0.25, 0.3) is 0 Å². The molecule has 1 aliphatic carbocycles. The van der Waals surface area contributed by atoms with Gasteiger partial charge in [-0.05, 0) is 25.0 Å². The molecule has 0 atom stereocenters. The van der Waals surface area contributed by atoms with Crippen LogP contribution in [0, 0.1) is 11.6 Å². The molecule has 0 amide bonds. The van der Waals surface area contributed by atoms with Gasteiger partial charge in [0.05, 0.1) is 10.9 Å². The first-order valence-electron chi connectivity index (χ1n) is 6.69. The maximum atomic E-state index is 14.2. The second-order valence-electron chi connectivity index (χ2n) is 5.19. The Morgan fingerprint density at radius 1 is 1.10 bits per heavy atom. The number of halogens is 3. The lowest BCUT2D eigenvalue weighted by atomic mass is 10.2. The first kappa shape index (κ1) is 16.5. The molecule has 0 radical (unpaired) electrons. The lowest BCUT2D eigenvalue weighted by Gasteiger charge is -2.29. The van der Waals surface area contributed by atoms with E-state index < -0.39 is 31.6 Å². The minimum atomic E-state index is -3.71. The molecule has 1 aromatic carbocycles. The molecule has 21 heavy (non-hydrogen) atoms. The van der Waals surface area contributed by atoms with Gasteiger partial charge < -0.3 is 10.2 Å². The summed E-state index contributed by atoms with van der Waals surface area (Å²) in [5, 5.41) is 2.58. The second kappa shape index (κ2) is 6.06. The normalized spacial score (nSPS) is 19.2. The average molecular weight is 339 g/mol. The summed E-state index contributed by atoms with van der Waals surface area (Å²) >= 11 is 0. The molecule has 1 saturated heterocycles. The summed E-state index contributed by atoms with van der Waals surface area (Å²) in [5.74, 6) is -2.30. The van der Waals surface area contributed by atoms with Crippen molar-refractivity contribution >= 4 is 27.9 Å². The van der Waals surface area contributed by atoms with Gasteiger partial charge in [0.15, 0.2) is 21.5 Å². The van der Waals surface area contributed by atoms with Crippen molar-refractivity contribution < 1.29 is 17.2 Å². The van der Waals surface area contributed by atoms with Crippen LogP contribution in [-0.4, -0.2) is 39.8 Å². The predicted molar refractivity (Wildman–Crippen MR) is 78.9 cm³/mol. The van der Waals surface area contributed by atoms with Crippen LogP contribution in [0.2, 0.25) is 0 Å². The van der Waals surface area contributed by atoms with Crippen molar-refractivity contribution in [1.82, 2.24) is 5.32 Å². The zero-order valence-electron chi connectivity index (χ0n) is 11.3. The van der Waals surface area contributed by atoms with E-state index >= 15 is 0 Å². The summed E-state index contributed by atoms with van der Waals surface area (Å²) in [5.41, 5.74) is 0.138. The molecule has 3 rings (SSSR count). The van der Waals surface area contributed by atoms with Crippen LogP contribution in [-0.2, 0) is 9.84 Å². The van der Waals surface area contributed by atoms with E-state index in [1.807, 2.05) is 0 Å². The van der Waals surface area contributed by atoms with Crippen LogP contribution in [0.4, 0.5) is 14.5 Å². The summed E-state index contributed by atoms with van der Waals surface area (Å²) in [6.07, 6.45) is 1.06. The Morgan fingerprint density at radius 2 is 1.71 bits per heavy atom. The third kappa shape index (κ3) is 3.00. The molecular weight excluding hydrogens is 322 g/mol. The van der Waals surface area contributed by atoms with E-state index in [-0.39, 0.29) is 18.1 Å². The molecule has 0 bridgehead atoms. The van der Waals surface area contributed by atoms with E-state index in [9.17, 15) is 17.2 Å². The lowest BCUT2D eigenvalue weighted by Crippen LogP contribution is -2.44. The Kier molecular flexibility index (Phi) is 4.75. The van der Waals surface area contributed by atoms with E-state index in [2.05, 4.69) is 5.32 Å². The number of benzene rings is 1. The first-order chi connectivity index (χ1) is 9.51. The van der Waals surface area contributed by atoms with Gasteiger partial charge >= 0.3 is 0 Å². The Morgan fingerprint density at radius 3 is 2.29 bits per heavy atom. The molecule has 2 fully saturated rings. The first-order valence-corrected chi connectivity index (χ1v) is 8.24. The smallest absolute Gasteiger partial charge is 0.184 e. The zero-order valence-corrected chi connectivity index (χ0v) is 12.9. The summed E-state index contributed by atoms with van der Waals surface area (Å²) in [6.45, 7) is 2.54. The average Bonchev–Trinajstić information content (AvgIpc) is 3.27. The summed E-state index contributed by atoms with van der Waals surface area (Å²) in [7, 11) is -3.71. The van der Waals surface area contributed by atoms with Crippen molar-refractivity contribution in [3.8, 4) is 0 Å². The number of piperazine rings is 1. The topological polar surface area (TPSA) is 49.4 Å². The van der Waals surface area contributed by atoms with Gasteiger partial charge in [0.2, 0.25) is 0 Å². The number of hydrogen-bond acceptors (Lipinski definition) is 4. The van der Waals surface area contributed by atoms with Crippen molar-refractivity contribution in [3.63, 3.8) is 0 Å². The van der Waals surface area contributed by atoms with Gasteiger partial charge in [0.1, 0.15) is 4.90 Å². The molecule has 2 aliphatic rings. The van der Waals surface area contributed by atoms with Crippen molar-refractivity contribution in [2.45, 2.75) is 23.0 Å². The van der Waals surface area contributed by atoms with Crippen LogP contribution >= 0.6 is 12.4 Å². The highest BCUT2D eigenvalue weighted by Gasteiger charge is 2.39. The quantitative estimate of drug-likeness (QED) is 0.912. The van der Waals surface area contributed by atoms with E-state index in [0.29, 0.717) is 39.0 Å². The molecule has 1 N–H and O–H groups in total. The SMILES string of the molecule is Cl.O=S(=O)(c1ccc(N2CCNCC2)c(F)c1F)C1CC1. The molecule has 118 valence electrons. The van der Waals surface area contributed by atoms with Gasteiger partial charge in [-0.2, -0.15) is 0 Å². The molecule has 0 spiro atoms. The molecule has 8 heteroatoms. The van der Waals surface area contributed by atoms with Crippen LogP contribution in [0.15, 0.2) is 17.0 Å². The molecule has 1 aromatic rings. The maximum absolute atomic E-state index is 14.2. The Labute approximate surface area is 128 Å². The van der Waals surface area contributed by atoms with E-state index in [1.165, 1.54) is 12.1 Å². The largest absolute Gasteiger partial charge is 0.367 e. The molecular formula is C13H17ClF2N2O2S. The molecule has 0 aromatic heterocycles. The highest BCUT2D eigenvalue weighted by Crippen LogP contribution is 2.36. The Balaban J connectivity index is 0.00000161. The van der Waals surface area contributed by atoms with Gasteiger partial charge in [0, 0.05) is 26.2 Å². The van der Waals surface area contributed by atoms with Crippen molar-refractivity contribution in [2.24, 2.45) is 0 Å². The number of hydrogen-bond donors (Lipinski definition) is 1. The second-order valence-corrected chi connectivity index (χ2v) is 7.39. The number of anilines is 1. The minimum absolute atomic E-state index is 0. The maximum Gasteiger partial charge on any atom is 0.184 e. The Hall–Kier alpha value is -0.920. The fraction of sp³-hybridized carbons (Fsp3) is 0.538. The predicted octanol–water partition coefficient (Wildman–Crippen LogP) is 1.73. The summed E-state index contributed by atoms with van der Waals surface area (Å²) < 4.78 is 52.3. The summed E-state index contributed by atoms with van der Waals surface area (Å²) in [6, 6.07) is 2.57. The fourth-order valence-electron chi connectivity index (χ4n) is 2.45. The lowest BCUT2D eigenvalue weighted by molar-refractivity contribution is 0.478. The van der Waals surface area contributed by atoms with Crippen LogP contribution in [0.25, 0.3) is 0 Å². The van der Waals surface area contributed by atoms with Gasteiger partial charge in [-0.25, -0.2) is 17.2 Å². The molecule has 0 unspecified atom stereocenters. The van der Waals surface area contributed by atoms with Crippen molar-refractivity contribution in [1.29, 1.82) is 0 Å².